The molecule has 0 aliphatic carbocycles. The van der Waals surface area contributed by atoms with Crippen LogP contribution in [0.4, 0.5) is 4.39 Å². The van der Waals surface area contributed by atoms with Crippen LogP contribution < -0.4 is 5.73 Å². The van der Waals surface area contributed by atoms with E-state index in [4.69, 9.17) is 15.2 Å². The molecule has 1 atom stereocenters. The Kier molecular flexibility index (Phi) is 8.28. The molecule has 0 spiro atoms. The van der Waals surface area contributed by atoms with Crippen LogP contribution >= 0.6 is 12.4 Å². The fourth-order valence-electron chi connectivity index (χ4n) is 2.87. The molecule has 142 valence electrons. The first-order chi connectivity index (χ1) is 11.3. The molecule has 1 heterocycles. The van der Waals surface area contributed by atoms with Gasteiger partial charge in [-0.25, -0.2) is 4.39 Å². The van der Waals surface area contributed by atoms with Crippen molar-refractivity contribution in [2.45, 2.75) is 32.9 Å². The number of likely N-dealkylation sites (tertiary alicyclic amines) is 1. The molecule has 5 nitrogen and oxygen atoms in total. The van der Waals surface area contributed by atoms with E-state index < -0.39 is 0 Å². The number of amides is 1. The van der Waals surface area contributed by atoms with Crippen molar-refractivity contribution in [2.75, 3.05) is 33.4 Å². The number of carbonyl (C=O) groups is 1. The Morgan fingerprint density at radius 3 is 2.76 bits per heavy atom. The van der Waals surface area contributed by atoms with Gasteiger partial charge in [0.25, 0.3) is 5.91 Å². The van der Waals surface area contributed by atoms with Gasteiger partial charge in [0, 0.05) is 37.4 Å². The van der Waals surface area contributed by atoms with E-state index in [0.29, 0.717) is 37.4 Å². The third-order valence-electron chi connectivity index (χ3n) is 4.58. The van der Waals surface area contributed by atoms with Crippen LogP contribution in [0, 0.1) is 11.2 Å². The smallest absolute Gasteiger partial charge is 0.253 e. The second-order valence-corrected chi connectivity index (χ2v) is 6.96. The minimum Gasteiger partial charge on any atom is -0.382 e. The van der Waals surface area contributed by atoms with Gasteiger partial charge in [0.15, 0.2) is 0 Å². The first-order valence-corrected chi connectivity index (χ1v) is 8.25. The molecule has 1 fully saturated rings. The van der Waals surface area contributed by atoms with Gasteiger partial charge in [0.1, 0.15) is 5.82 Å². The number of methoxy groups -OCH3 is 1. The predicted octanol–water partition coefficient (Wildman–Crippen LogP) is 2.61. The molecule has 1 saturated heterocycles. The Bertz CT molecular complexity index is 583. The lowest BCUT2D eigenvalue weighted by Crippen LogP contribution is -2.54. The van der Waals surface area contributed by atoms with Crippen molar-refractivity contribution < 1.29 is 18.7 Å². The van der Waals surface area contributed by atoms with Crippen molar-refractivity contribution in [3.63, 3.8) is 0 Å². The second-order valence-electron chi connectivity index (χ2n) is 6.96. The van der Waals surface area contributed by atoms with Gasteiger partial charge < -0.3 is 20.1 Å². The number of hydrogen-bond donors (Lipinski definition) is 1. The second kappa shape index (κ2) is 9.48. The summed E-state index contributed by atoms with van der Waals surface area (Å²) in [5.74, 6) is -0.460. The minimum absolute atomic E-state index is 0. The summed E-state index contributed by atoms with van der Waals surface area (Å²) in [5.41, 5.74) is 6.86. The van der Waals surface area contributed by atoms with E-state index in [9.17, 15) is 9.18 Å². The Morgan fingerprint density at radius 1 is 1.40 bits per heavy atom. The molecule has 2 N–H and O–H groups in total. The first-order valence-electron chi connectivity index (χ1n) is 8.25. The molecule has 1 aliphatic rings. The molecule has 1 aliphatic heterocycles. The summed E-state index contributed by atoms with van der Waals surface area (Å²) in [6, 6.07) is 4.51. The molecule has 25 heavy (non-hydrogen) atoms. The van der Waals surface area contributed by atoms with Gasteiger partial charge in [-0.15, -0.1) is 12.4 Å². The lowest BCUT2D eigenvalue weighted by atomic mass is 9.79. The Balaban J connectivity index is 0.00000312. The standard InChI is InChI=1S/C18H27FN2O3.ClH/c1-18(2)12-21(7-6-16(18)20)17(22)13-4-5-15(19)14(10-13)11-24-9-8-23-3;/h4-5,10,16H,6-9,11-12,20H2,1-3H3;1H. The Labute approximate surface area is 155 Å². The highest BCUT2D eigenvalue weighted by molar-refractivity contribution is 5.94. The number of piperidine rings is 1. The van der Waals surface area contributed by atoms with Gasteiger partial charge in [-0.2, -0.15) is 0 Å². The normalized spacial score (nSPS) is 19.4. The van der Waals surface area contributed by atoms with E-state index in [1.165, 1.54) is 12.1 Å². The lowest BCUT2D eigenvalue weighted by molar-refractivity contribution is 0.0530. The SMILES string of the molecule is COCCOCc1cc(C(=O)N2CCC(N)C(C)(C)C2)ccc1F.Cl. The molecule has 1 amide bonds. The van der Waals surface area contributed by atoms with Crippen molar-refractivity contribution in [2.24, 2.45) is 11.1 Å². The van der Waals surface area contributed by atoms with Gasteiger partial charge in [-0.05, 0) is 30.0 Å². The van der Waals surface area contributed by atoms with Crippen molar-refractivity contribution >= 4 is 18.3 Å². The number of benzene rings is 1. The number of hydrogen-bond acceptors (Lipinski definition) is 4. The zero-order chi connectivity index (χ0) is 17.7. The van der Waals surface area contributed by atoms with Gasteiger partial charge in [0.05, 0.1) is 19.8 Å². The average Bonchev–Trinajstić information content (AvgIpc) is 2.55. The van der Waals surface area contributed by atoms with Gasteiger partial charge >= 0.3 is 0 Å². The highest BCUT2D eigenvalue weighted by atomic mass is 35.5. The maximum absolute atomic E-state index is 13.9. The van der Waals surface area contributed by atoms with Gasteiger partial charge in [-0.3, -0.25) is 4.79 Å². The fourth-order valence-corrected chi connectivity index (χ4v) is 2.87. The van der Waals surface area contributed by atoms with E-state index in [1.54, 1.807) is 18.1 Å². The van der Waals surface area contributed by atoms with Crippen LogP contribution in [-0.4, -0.2) is 50.3 Å². The van der Waals surface area contributed by atoms with Crippen LogP contribution in [0.5, 0.6) is 0 Å². The van der Waals surface area contributed by atoms with E-state index in [-0.39, 0.29) is 42.2 Å². The molecular weight excluding hydrogens is 347 g/mol. The quantitative estimate of drug-likeness (QED) is 0.777. The maximum atomic E-state index is 13.9. The molecule has 1 unspecified atom stereocenters. The highest BCUT2D eigenvalue weighted by Gasteiger charge is 2.35. The summed E-state index contributed by atoms with van der Waals surface area (Å²) in [7, 11) is 1.58. The number of nitrogens with zero attached hydrogens (tertiary/aromatic N) is 1. The predicted molar refractivity (Wildman–Crippen MR) is 97.5 cm³/mol. The van der Waals surface area contributed by atoms with Crippen molar-refractivity contribution in [1.82, 2.24) is 4.90 Å². The molecule has 0 radical (unpaired) electrons. The topological polar surface area (TPSA) is 64.8 Å². The number of carbonyl (C=O) groups excluding carboxylic acids is 1. The van der Waals surface area contributed by atoms with Crippen LogP contribution in [0.1, 0.15) is 36.2 Å². The lowest BCUT2D eigenvalue weighted by Gasteiger charge is -2.42. The van der Waals surface area contributed by atoms with E-state index >= 15 is 0 Å². The summed E-state index contributed by atoms with van der Waals surface area (Å²) in [4.78, 5) is 14.5. The largest absolute Gasteiger partial charge is 0.382 e. The molecular formula is C18H28ClFN2O3. The number of rotatable bonds is 6. The molecule has 0 saturated carbocycles. The third kappa shape index (κ3) is 5.64. The summed E-state index contributed by atoms with van der Waals surface area (Å²) in [6.07, 6.45) is 0.771. The molecule has 7 heteroatoms. The molecule has 1 aromatic rings. The summed E-state index contributed by atoms with van der Waals surface area (Å²) < 4.78 is 24.2. The maximum Gasteiger partial charge on any atom is 0.253 e. The summed E-state index contributed by atoms with van der Waals surface area (Å²) >= 11 is 0. The van der Waals surface area contributed by atoms with E-state index in [2.05, 4.69) is 13.8 Å². The first kappa shape index (κ1) is 21.8. The fraction of sp³-hybridized carbons (Fsp3) is 0.611. The van der Waals surface area contributed by atoms with E-state index in [1.807, 2.05) is 0 Å². The number of nitrogens with two attached hydrogens (primary N) is 1. The third-order valence-corrected chi connectivity index (χ3v) is 4.58. The van der Waals surface area contributed by atoms with Crippen LogP contribution in [0.25, 0.3) is 0 Å². The molecule has 0 bridgehead atoms. The van der Waals surface area contributed by atoms with E-state index in [0.717, 1.165) is 6.42 Å². The number of halogens is 2. The van der Waals surface area contributed by atoms with Crippen LogP contribution in [0.15, 0.2) is 18.2 Å². The summed E-state index contributed by atoms with van der Waals surface area (Å²) in [5, 5.41) is 0. The monoisotopic (exact) mass is 374 g/mol. The average molecular weight is 375 g/mol. The number of ether oxygens (including phenoxy) is 2. The van der Waals surface area contributed by atoms with Gasteiger partial charge in [0.2, 0.25) is 0 Å². The Morgan fingerprint density at radius 2 is 2.12 bits per heavy atom. The van der Waals surface area contributed by atoms with Crippen LogP contribution in [0.3, 0.4) is 0 Å². The Hall–Kier alpha value is -1.21. The zero-order valence-electron chi connectivity index (χ0n) is 15.1. The molecule has 1 aromatic carbocycles. The van der Waals surface area contributed by atoms with Crippen molar-refractivity contribution in [1.29, 1.82) is 0 Å². The van der Waals surface area contributed by atoms with Crippen LogP contribution in [0.2, 0.25) is 0 Å². The zero-order valence-corrected chi connectivity index (χ0v) is 15.9. The molecule has 2 rings (SSSR count). The minimum atomic E-state index is -0.370. The molecule has 0 aromatic heterocycles. The van der Waals surface area contributed by atoms with Crippen LogP contribution in [-0.2, 0) is 16.1 Å². The van der Waals surface area contributed by atoms with Gasteiger partial charge in [-0.1, -0.05) is 13.8 Å². The highest BCUT2D eigenvalue weighted by Crippen LogP contribution is 2.28. The van der Waals surface area contributed by atoms with Crippen molar-refractivity contribution in [3.05, 3.63) is 35.1 Å². The van der Waals surface area contributed by atoms with Crippen molar-refractivity contribution in [3.8, 4) is 0 Å². The summed E-state index contributed by atoms with van der Waals surface area (Å²) in [6.45, 7) is 6.31.